The first-order valence-electron chi connectivity index (χ1n) is 15.3. The van der Waals surface area contributed by atoms with Gasteiger partial charge in [0.25, 0.3) is 0 Å². The first kappa shape index (κ1) is 29.0. The summed E-state index contributed by atoms with van der Waals surface area (Å²) in [4.78, 5) is 25.2. The Morgan fingerprint density at radius 1 is 0.917 bits per heavy atom. The smallest absolute Gasteiger partial charge is 0.310 e. The second-order valence-corrected chi connectivity index (χ2v) is 12.0. The van der Waals surface area contributed by atoms with Crippen molar-refractivity contribution in [3.8, 4) is 0 Å². The van der Waals surface area contributed by atoms with E-state index in [4.69, 9.17) is 0 Å². The van der Waals surface area contributed by atoms with Crippen LogP contribution in [0.5, 0.6) is 0 Å². The van der Waals surface area contributed by atoms with E-state index < -0.39 is 23.3 Å². The fraction of sp³-hybridized carbons (Fsp3) is 0.812. The first-order valence-corrected chi connectivity index (χ1v) is 15.3. The van der Waals surface area contributed by atoms with Crippen LogP contribution in [-0.2, 0) is 9.59 Å². The molecule has 6 atom stereocenters. The normalized spacial score (nSPS) is 35.1. The Morgan fingerprint density at radius 2 is 1.64 bits per heavy atom. The Hall–Kier alpha value is -1.58. The van der Waals surface area contributed by atoms with Crippen molar-refractivity contribution in [2.75, 3.05) is 0 Å². The molecule has 36 heavy (non-hydrogen) atoms. The van der Waals surface area contributed by atoms with E-state index in [1.54, 1.807) is 0 Å². The van der Waals surface area contributed by atoms with Crippen LogP contribution in [0.15, 0.2) is 23.8 Å². The Balaban J connectivity index is 2.08. The number of carboxylic acid groups (broad SMARTS) is 2. The largest absolute Gasteiger partial charge is 0.481 e. The molecule has 0 heterocycles. The van der Waals surface area contributed by atoms with Crippen LogP contribution >= 0.6 is 0 Å². The zero-order valence-corrected chi connectivity index (χ0v) is 23.1. The average molecular weight is 501 g/mol. The molecule has 0 aliphatic heterocycles. The van der Waals surface area contributed by atoms with Crippen molar-refractivity contribution < 1.29 is 19.8 Å². The van der Waals surface area contributed by atoms with E-state index in [0.29, 0.717) is 11.8 Å². The molecule has 3 rings (SSSR count). The zero-order chi connectivity index (χ0) is 26.0. The Kier molecular flexibility index (Phi) is 11.6. The standard InChI is InChI=1S/C32H52O4/c1-3-5-6-11-16-24-20-22-32(21-15-10-9-14-19-28(32)31(35)36)29(26(24)4-2)23-25-17-12-7-8-13-18-27(25)30(33)34/h20,22-24,26-29H,3-19,21H2,1-2H3,(H,33,34)(H,35,36). The van der Waals surface area contributed by atoms with Crippen LogP contribution in [0.2, 0.25) is 0 Å². The third-order valence-electron chi connectivity index (χ3n) is 9.79. The summed E-state index contributed by atoms with van der Waals surface area (Å²) in [5.74, 6) is -1.21. The maximum Gasteiger partial charge on any atom is 0.310 e. The van der Waals surface area contributed by atoms with Gasteiger partial charge in [-0.2, -0.15) is 0 Å². The second-order valence-electron chi connectivity index (χ2n) is 12.0. The summed E-state index contributed by atoms with van der Waals surface area (Å²) in [5.41, 5.74) is 0.696. The van der Waals surface area contributed by atoms with E-state index in [0.717, 1.165) is 89.0 Å². The summed E-state index contributed by atoms with van der Waals surface area (Å²) >= 11 is 0. The van der Waals surface area contributed by atoms with Gasteiger partial charge in [0, 0.05) is 5.41 Å². The minimum Gasteiger partial charge on any atom is -0.481 e. The minimum atomic E-state index is -0.694. The van der Waals surface area contributed by atoms with Crippen LogP contribution in [0.3, 0.4) is 0 Å². The van der Waals surface area contributed by atoms with Crippen molar-refractivity contribution in [1.82, 2.24) is 0 Å². The van der Waals surface area contributed by atoms with Crippen LogP contribution in [0.1, 0.15) is 129 Å². The highest BCUT2D eigenvalue weighted by molar-refractivity contribution is 5.74. The van der Waals surface area contributed by atoms with Crippen molar-refractivity contribution >= 4 is 11.9 Å². The van der Waals surface area contributed by atoms with E-state index >= 15 is 0 Å². The molecule has 0 radical (unpaired) electrons. The molecule has 2 N–H and O–H groups in total. The topological polar surface area (TPSA) is 74.6 Å². The summed E-state index contributed by atoms with van der Waals surface area (Å²) < 4.78 is 0. The molecule has 1 spiro atoms. The van der Waals surface area contributed by atoms with Crippen LogP contribution < -0.4 is 0 Å². The molecule has 3 aliphatic rings. The van der Waals surface area contributed by atoms with Crippen molar-refractivity contribution in [3.05, 3.63) is 23.8 Å². The van der Waals surface area contributed by atoms with Gasteiger partial charge in [-0.1, -0.05) is 115 Å². The quantitative estimate of drug-likeness (QED) is 0.245. The summed E-state index contributed by atoms with van der Waals surface area (Å²) in [5, 5.41) is 20.7. The Bertz CT molecular complexity index is 768. The lowest BCUT2D eigenvalue weighted by molar-refractivity contribution is -0.149. The maximum atomic E-state index is 12.8. The molecule has 0 aromatic carbocycles. The number of carbonyl (C=O) groups is 2. The average Bonchev–Trinajstić information content (AvgIpc) is 2.81. The predicted molar refractivity (Wildman–Crippen MR) is 147 cm³/mol. The number of hydrogen-bond donors (Lipinski definition) is 2. The first-order chi connectivity index (χ1) is 17.4. The predicted octanol–water partition coefficient (Wildman–Crippen LogP) is 8.81. The summed E-state index contributed by atoms with van der Waals surface area (Å²) in [6, 6.07) is 0. The fourth-order valence-corrected chi connectivity index (χ4v) is 7.80. The van der Waals surface area contributed by atoms with Gasteiger partial charge in [-0.3, -0.25) is 9.59 Å². The highest BCUT2D eigenvalue weighted by Gasteiger charge is 2.51. The van der Waals surface area contributed by atoms with Crippen LogP contribution in [0, 0.1) is 35.0 Å². The molecule has 2 fully saturated rings. The minimum absolute atomic E-state index is 0.110. The summed E-state index contributed by atoms with van der Waals surface area (Å²) in [6.07, 6.45) is 26.1. The van der Waals surface area contributed by atoms with Gasteiger partial charge in [0.2, 0.25) is 0 Å². The van der Waals surface area contributed by atoms with Gasteiger partial charge in [0.05, 0.1) is 11.8 Å². The van der Waals surface area contributed by atoms with Crippen molar-refractivity contribution in [2.24, 2.45) is 35.0 Å². The van der Waals surface area contributed by atoms with E-state index in [9.17, 15) is 19.8 Å². The molecule has 4 nitrogen and oxygen atoms in total. The van der Waals surface area contributed by atoms with E-state index in [1.807, 2.05) is 0 Å². The monoisotopic (exact) mass is 500 g/mol. The van der Waals surface area contributed by atoms with Crippen molar-refractivity contribution in [2.45, 2.75) is 129 Å². The van der Waals surface area contributed by atoms with E-state index in [1.165, 1.54) is 32.1 Å². The van der Waals surface area contributed by atoms with Gasteiger partial charge >= 0.3 is 11.9 Å². The van der Waals surface area contributed by atoms with Gasteiger partial charge in [-0.05, 0) is 56.3 Å². The van der Waals surface area contributed by atoms with Crippen LogP contribution in [0.25, 0.3) is 0 Å². The van der Waals surface area contributed by atoms with Gasteiger partial charge in [0.15, 0.2) is 0 Å². The number of aliphatic carboxylic acids is 2. The number of allylic oxidation sites excluding steroid dienone is 3. The molecule has 0 amide bonds. The van der Waals surface area contributed by atoms with Gasteiger partial charge in [0.1, 0.15) is 0 Å². The fourth-order valence-electron chi connectivity index (χ4n) is 7.80. The molecular formula is C32H52O4. The van der Waals surface area contributed by atoms with Crippen molar-refractivity contribution in [3.63, 3.8) is 0 Å². The van der Waals surface area contributed by atoms with Gasteiger partial charge in [-0.15, -0.1) is 0 Å². The van der Waals surface area contributed by atoms with Gasteiger partial charge < -0.3 is 10.2 Å². The number of rotatable bonds is 9. The molecule has 3 aliphatic carbocycles. The van der Waals surface area contributed by atoms with Crippen LogP contribution in [-0.4, -0.2) is 22.2 Å². The summed E-state index contributed by atoms with van der Waals surface area (Å²) in [6.45, 7) is 4.52. The molecule has 0 bridgehead atoms. The SMILES string of the molecule is CCCCCCC1C=CC2(CCCCCCC2C(=O)O)C(C=C2CCCCCCC2C(=O)O)C1CC. The van der Waals surface area contributed by atoms with Crippen LogP contribution in [0.4, 0.5) is 0 Å². The Labute approximate surface area is 220 Å². The molecule has 0 aromatic heterocycles. The molecule has 6 unspecified atom stereocenters. The number of carboxylic acids is 2. The molecular weight excluding hydrogens is 448 g/mol. The highest BCUT2D eigenvalue weighted by atomic mass is 16.4. The maximum absolute atomic E-state index is 12.8. The lowest BCUT2D eigenvalue weighted by atomic mass is 9.52. The van der Waals surface area contributed by atoms with Gasteiger partial charge in [-0.25, -0.2) is 0 Å². The number of hydrogen-bond acceptors (Lipinski definition) is 2. The number of unbranched alkanes of at least 4 members (excludes halogenated alkanes) is 3. The molecule has 0 saturated heterocycles. The molecule has 0 aromatic rings. The van der Waals surface area contributed by atoms with E-state index in [-0.39, 0.29) is 11.8 Å². The molecule has 4 heteroatoms. The lowest BCUT2D eigenvalue weighted by Gasteiger charge is -2.51. The Morgan fingerprint density at radius 3 is 2.33 bits per heavy atom. The van der Waals surface area contributed by atoms with Crippen molar-refractivity contribution in [1.29, 1.82) is 0 Å². The second kappa shape index (κ2) is 14.4. The highest BCUT2D eigenvalue weighted by Crippen LogP contribution is 2.56. The zero-order valence-electron chi connectivity index (χ0n) is 23.1. The lowest BCUT2D eigenvalue weighted by Crippen LogP contribution is -2.47. The molecule has 204 valence electrons. The van der Waals surface area contributed by atoms with E-state index in [2.05, 4.69) is 32.1 Å². The molecule has 2 saturated carbocycles. The third-order valence-corrected chi connectivity index (χ3v) is 9.79. The third kappa shape index (κ3) is 7.04. The summed E-state index contributed by atoms with van der Waals surface area (Å²) in [7, 11) is 0.